The number of oxazole rings is 1. The van der Waals surface area contributed by atoms with Gasteiger partial charge in [-0.05, 0) is 37.0 Å². The van der Waals surface area contributed by atoms with Crippen molar-refractivity contribution < 1.29 is 13.9 Å². The van der Waals surface area contributed by atoms with Crippen LogP contribution in [-0.2, 0) is 32.5 Å². The highest BCUT2D eigenvalue weighted by atomic mass is 19.1. The van der Waals surface area contributed by atoms with Crippen LogP contribution >= 0.6 is 0 Å². The fraction of sp³-hybridized carbons (Fsp3) is 0.462. The lowest BCUT2D eigenvalue weighted by atomic mass is 10.1. The molecule has 4 rings (SSSR count). The van der Waals surface area contributed by atoms with Crippen molar-refractivity contribution >= 4 is 22.5 Å². The molecule has 0 aliphatic rings. The summed E-state index contributed by atoms with van der Waals surface area (Å²) in [5, 5.41) is 13.1. The number of imidazole rings is 1. The van der Waals surface area contributed by atoms with Crippen molar-refractivity contribution in [1.82, 2.24) is 29.0 Å². The standard InChI is InChI=1S/C26H35FN8O4/c1-3-9-35-25(37)23-24(34(26(35)38)10-7-16-5-6-17(28)12-19(16)29)32-21(13-22-31-15-20(27)39-22)33(23)11-8-30-14-18(36)4-2/h5-6,12,15,18,30,36H,3-4,7-11,13-14,28-29H2,1-2H3. The highest BCUT2D eigenvalue weighted by Crippen LogP contribution is 2.19. The average molecular weight is 543 g/mol. The Morgan fingerprint density at radius 2 is 1.92 bits per heavy atom. The van der Waals surface area contributed by atoms with Gasteiger partial charge in [0.2, 0.25) is 5.89 Å². The molecule has 4 aromatic rings. The maximum Gasteiger partial charge on any atom is 0.332 e. The number of fused-ring (bicyclic) bond motifs is 1. The van der Waals surface area contributed by atoms with Gasteiger partial charge in [-0.2, -0.15) is 4.39 Å². The summed E-state index contributed by atoms with van der Waals surface area (Å²) in [6, 6.07) is 4.39. The van der Waals surface area contributed by atoms with Gasteiger partial charge in [-0.3, -0.25) is 13.9 Å². The van der Waals surface area contributed by atoms with Crippen LogP contribution in [-0.4, -0.2) is 48.0 Å². The smallest absolute Gasteiger partial charge is 0.332 e. The molecular formula is C26H35FN8O4. The first-order valence-electron chi connectivity index (χ1n) is 13.1. The van der Waals surface area contributed by atoms with E-state index in [1.165, 1.54) is 9.13 Å². The van der Waals surface area contributed by atoms with Gasteiger partial charge >= 0.3 is 5.69 Å². The molecule has 0 aliphatic heterocycles. The minimum absolute atomic E-state index is 0.0164. The zero-order valence-corrected chi connectivity index (χ0v) is 22.2. The van der Waals surface area contributed by atoms with Crippen LogP contribution in [0.1, 0.15) is 44.0 Å². The second kappa shape index (κ2) is 12.3. The first kappa shape index (κ1) is 28.0. The second-order valence-corrected chi connectivity index (χ2v) is 9.45. The second-order valence-electron chi connectivity index (χ2n) is 9.45. The highest BCUT2D eigenvalue weighted by Gasteiger charge is 2.23. The van der Waals surface area contributed by atoms with E-state index >= 15 is 0 Å². The first-order valence-corrected chi connectivity index (χ1v) is 13.1. The minimum atomic E-state index is -0.828. The number of hydrogen-bond donors (Lipinski definition) is 4. The molecule has 0 saturated heterocycles. The Kier molecular flexibility index (Phi) is 8.82. The molecule has 0 radical (unpaired) electrons. The normalized spacial score (nSPS) is 12.4. The Morgan fingerprint density at radius 1 is 1.13 bits per heavy atom. The molecule has 1 aromatic carbocycles. The zero-order chi connectivity index (χ0) is 28.1. The summed E-state index contributed by atoms with van der Waals surface area (Å²) in [5.74, 6) is 0.493. The predicted molar refractivity (Wildman–Crippen MR) is 146 cm³/mol. The number of benzene rings is 1. The van der Waals surface area contributed by atoms with Gasteiger partial charge in [-0.15, -0.1) is 0 Å². The van der Waals surface area contributed by atoms with Gasteiger partial charge in [-0.1, -0.05) is 19.9 Å². The summed E-state index contributed by atoms with van der Waals surface area (Å²) in [6.45, 7) is 5.36. The quantitative estimate of drug-likeness (QED) is 0.143. The molecule has 3 heterocycles. The lowest BCUT2D eigenvalue weighted by Gasteiger charge is -2.14. The van der Waals surface area contributed by atoms with E-state index < -0.39 is 23.4 Å². The van der Waals surface area contributed by atoms with Crippen molar-refractivity contribution in [3.63, 3.8) is 0 Å². The number of nitrogens with one attached hydrogen (secondary N) is 1. The van der Waals surface area contributed by atoms with Crippen LogP contribution in [0.2, 0.25) is 0 Å². The summed E-state index contributed by atoms with van der Waals surface area (Å²) in [7, 11) is 0. The lowest BCUT2D eigenvalue weighted by molar-refractivity contribution is 0.167. The van der Waals surface area contributed by atoms with E-state index in [4.69, 9.17) is 15.9 Å². The van der Waals surface area contributed by atoms with Crippen molar-refractivity contribution in [1.29, 1.82) is 0 Å². The van der Waals surface area contributed by atoms with E-state index in [9.17, 15) is 19.1 Å². The third-order valence-electron chi connectivity index (χ3n) is 6.61. The van der Waals surface area contributed by atoms with Crippen LogP contribution in [0.15, 0.2) is 38.4 Å². The third kappa shape index (κ3) is 6.20. The molecule has 0 saturated carbocycles. The number of aliphatic hydroxyl groups is 1. The molecule has 3 aromatic heterocycles. The van der Waals surface area contributed by atoms with E-state index in [0.29, 0.717) is 56.1 Å². The summed E-state index contributed by atoms with van der Waals surface area (Å²) in [5.41, 5.74) is 13.4. The number of aromatic nitrogens is 5. The molecule has 13 heteroatoms. The Morgan fingerprint density at radius 3 is 2.59 bits per heavy atom. The van der Waals surface area contributed by atoms with Crippen molar-refractivity contribution in [3.05, 3.63) is 68.5 Å². The lowest BCUT2D eigenvalue weighted by Crippen LogP contribution is -2.41. The van der Waals surface area contributed by atoms with E-state index in [-0.39, 0.29) is 36.6 Å². The molecule has 0 amide bonds. The molecular weight excluding hydrogens is 507 g/mol. The largest absolute Gasteiger partial charge is 0.415 e. The van der Waals surface area contributed by atoms with E-state index in [1.807, 2.05) is 19.9 Å². The number of aryl methyl sites for hydroxylation is 2. The maximum absolute atomic E-state index is 13.6. The summed E-state index contributed by atoms with van der Waals surface area (Å²) >= 11 is 0. The minimum Gasteiger partial charge on any atom is -0.415 e. The number of nitrogens with two attached hydrogens (primary N) is 2. The molecule has 210 valence electrons. The highest BCUT2D eigenvalue weighted by molar-refractivity contribution is 5.71. The number of aliphatic hydroxyl groups excluding tert-OH is 1. The molecule has 1 unspecified atom stereocenters. The molecule has 39 heavy (non-hydrogen) atoms. The summed E-state index contributed by atoms with van der Waals surface area (Å²) < 4.78 is 23.0. The monoisotopic (exact) mass is 542 g/mol. The zero-order valence-electron chi connectivity index (χ0n) is 22.2. The molecule has 6 N–H and O–H groups in total. The number of halogens is 1. The van der Waals surface area contributed by atoms with Gasteiger partial charge in [0.1, 0.15) is 12.0 Å². The van der Waals surface area contributed by atoms with E-state index in [1.54, 1.807) is 16.7 Å². The van der Waals surface area contributed by atoms with Gasteiger partial charge in [0.15, 0.2) is 11.2 Å². The molecule has 0 spiro atoms. The number of anilines is 2. The average Bonchev–Trinajstić information content (AvgIpc) is 3.48. The maximum atomic E-state index is 13.6. The van der Waals surface area contributed by atoms with Crippen molar-refractivity contribution in [2.24, 2.45) is 0 Å². The summed E-state index contributed by atoms with van der Waals surface area (Å²) in [6.07, 6.45) is 2.09. The SMILES string of the molecule is CCCn1c(=O)c2c(nc(Cc3ncc(F)o3)n2CCNCC(O)CC)n(CCc2ccc(N)cc2N)c1=O. The van der Waals surface area contributed by atoms with Crippen molar-refractivity contribution in [2.75, 3.05) is 24.6 Å². The number of rotatable bonds is 13. The fourth-order valence-electron chi connectivity index (χ4n) is 4.52. The summed E-state index contributed by atoms with van der Waals surface area (Å²) in [4.78, 5) is 35.8. The predicted octanol–water partition coefficient (Wildman–Crippen LogP) is 1.26. The van der Waals surface area contributed by atoms with Gasteiger partial charge in [0.25, 0.3) is 11.6 Å². The molecule has 1 atom stereocenters. The van der Waals surface area contributed by atoms with Crippen molar-refractivity contribution in [2.45, 2.75) is 65.3 Å². The topological polar surface area (TPSA) is 172 Å². The van der Waals surface area contributed by atoms with Gasteiger partial charge < -0.3 is 30.9 Å². The van der Waals surface area contributed by atoms with Crippen LogP contribution in [0.5, 0.6) is 0 Å². The van der Waals surface area contributed by atoms with Gasteiger partial charge in [0, 0.05) is 44.1 Å². The van der Waals surface area contributed by atoms with E-state index in [0.717, 1.165) is 11.8 Å². The Hall–Kier alpha value is -3.97. The number of nitrogens with zero attached hydrogens (tertiary/aromatic N) is 5. The molecule has 0 bridgehead atoms. The van der Waals surface area contributed by atoms with Crippen LogP contribution in [0, 0.1) is 6.01 Å². The number of hydrogen-bond acceptors (Lipinski definition) is 9. The van der Waals surface area contributed by atoms with Crippen LogP contribution in [0.3, 0.4) is 0 Å². The first-order chi connectivity index (χ1) is 18.7. The Balaban J connectivity index is 1.81. The Bertz CT molecular complexity index is 1550. The number of nitrogen functional groups attached to an aromatic ring is 2. The molecule has 0 fully saturated rings. The van der Waals surface area contributed by atoms with Gasteiger partial charge in [-0.25, -0.2) is 14.8 Å². The van der Waals surface area contributed by atoms with E-state index in [2.05, 4.69) is 15.3 Å². The molecule has 0 aliphatic carbocycles. The van der Waals surface area contributed by atoms with Gasteiger partial charge in [0.05, 0.1) is 12.5 Å². The van der Waals surface area contributed by atoms with Crippen LogP contribution in [0.4, 0.5) is 15.8 Å². The third-order valence-corrected chi connectivity index (χ3v) is 6.61. The van der Waals surface area contributed by atoms with Crippen molar-refractivity contribution in [3.8, 4) is 0 Å². The molecule has 12 nitrogen and oxygen atoms in total. The van der Waals surface area contributed by atoms with Crippen LogP contribution in [0.25, 0.3) is 11.2 Å². The fourth-order valence-corrected chi connectivity index (χ4v) is 4.52. The van der Waals surface area contributed by atoms with Crippen LogP contribution < -0.4 is 28.0 Å². The Labute approximate surface area is 224 Å².